The van der Waals surface area contributed by atoms with Crippen molar-refractivity contribution in [2.75, 3.05) is 9.80 Å². The van der Waals surface area contributed by atoms with Gasteiger partial charge in [0.05, 0.1) is 22.5 Å². The second-order valence-electron chi connectivity index (χ2n) is 36.0. The van der Waals surface area contributed by atoms with Crippen LogP contribution in [0.2, 0.25) is 0 Å². The quantitative estimate of drug-likeness (QED) is 0.153. The maximum atomic E-state index is 2.79. The highest BCUT2D eigenvalue weighted by Crippen LogP contribution is 2.61. The first kappa shape index (κ1) is 66.3. The Hall–Kier alpha value is -8.92. The van der Waals surface area contributed by atoms with Gasteiger partial charge in [-0.3, -0.25) is 0 Å². The van der Waals surface area contributed by atoms with E-state index in [0.29, 0.717) is 0 Å². The van der Waals surface area contributed by atoms with Crippen molar-refractivity contribution < 1.29 is 0 Å². The van der Waals surface area contributed by atoms with Crippen molar-refractivity contribution in [3.63, 3.8) is 0 Å². The molecule has 0 atom stereocenters. The van der Waals surface area contributed by atoms with Gasteiger partial charge < -0.3 is 9.80 Å². The number of anilines is 6. The number of nitrogens with zero attached hydrogens (tertiary/aromatic N) is 2. The Morgan fingerprint density at radius 1 is 0.245 bits per heavy atom. The third kappa shape index (κ3) is 11.3. The van der Waals surface area contributed by atoms with Gasteiger partial charge in [0.1, 0.15) is 0 Å². The molecule has 0 bridgehead atoms. The SMILES string of the molecule is CC(C)(C)c1cccc(N2c3ccccc3C3(c4ccc(-c5cc(C(C)(C)C)cc(C(C)(C)C)c5)cc4B4c5ccc(-c6cc(C(C)(C)C)cc(C(C)(C)C)c6)cc5N(c5c(-c6ccccc6)cc(C(C)(C)C)cc5-c5ccccc5)c5cc(C(C)(C)C)cc3c54)c3ccccc32)c1. The molecule has 14 rings (SSSR count). The summed E-state index contributed by atoms with van der Waals surface area (Å²) in [5.74, 6) is 0. The molecule has 3 aliphatic rings. The normalized spacial score (nSPS) is 14.4. The fourth-order valence-corrected chi connectivity index (χ4v) is 15.9. The molecule has 0 saturated carbocycles. The molecule has 494 valence electrons. The maximum absolute atomic E-state index is 2.79. The van der Waals surface area contributed by atoms with E-state index in [9.17, 15) is 0 Å². The summed E-state index contributed by atoms with van der Waals surface area (Å²) < 4.78 is 0. The molecular formula is C95H101BN2. The zero-order valence-electron chi connectivity index (χ0n) is 62.4. The molecule has 11 aromatic rings. The lowest BCUT2D eigenvalue weighted by Gasteiger charge is -2.53. The molecule has 0 radical (unpaired) electrons. The van der Waals surface area contributed by atoms with Crippen LogP contribution in [0.3, 0.4) is 0 Å². The van der Waals surface area contributed by atoms with Gasteiger partial charge in [-0.05, 0) is 192 Å². The summed E-state index contributed by atoms with van der Waals surface area (Å²) >= 11 is 0. The van der Waals surface area contributed by atoms with E-state index in [4.69, 9.17) is 0 Å². The van der Waals surface area contributed by atoms with Crippen molar-refractivity contribution in [2.45, 2.75) is 189 Å². The predicted molar refractivity (Wildman–Crippen MR) is 425 cm³/mol. The van der Waals surface area contributed by atoms with E-state index in [-0.39, 0.29) is 44.6 Å². The largest absolute Gasteiger partial charge is 0.310 e. The standard InChI is InChI=1S/C95H101BN2/c1-88(2,3)66-37-32-38-73(55-66)97-82-41-30-28-39-77(82)95(78-40-29-31-42-83(78)97)76-45-43-62(64-47-67(89(4,5)6)53-68(48-64)90(7,8)9)51-81(76)96-80-46-44-63(65-49-69(91(10,11)12)54-70(50-65)92(13,14)15)52-84(80)98(85-59-72(94(19,20)21)58-79(95)86(85)96)87-74(60-33-24-22-25-34-60)56-71(93(16,17)18)57-75(87)61-35-26-23-27-36-61/h22-59H,1-21H3. The van der Waals surface area contributed by atoms with Gasteiger partial charge in [0.15, 0.2) is 0 Å². The van der Waals surface area contributed by atoms with Crippen LogP contribution in [0, 0.1) is 0 Å². The number of para-hydroxylation sites is 2. The first-order valence-corrected chi connectivity index (χ1v) is 36.0. The zero-order valence-corrected chi connectivity index (χ0v) is 62.4. The average molecular weight is 1280 g/mol. The van der Waals surface area contributed by atoms with E-state index in [2.05, 4.69) is 386 Å². The minimum absolute atomic E-state index is 0.0594. The van der Waals surface area contributed by atoms with Crippen molar-refractivity contribution in [1.29, 1.82) is 0 Å². The first-order valence-electron chi connectivity index (χ1n) is 36.0. The van der Waals surface area contributed by atoms with Crippen molar-refractivity contribution in [2.24, 2.45) is 0 Å². The van der Waals surface area contributed by atoms with E-state index < -0.39 is 5.41 Å². The van der Waals surface area contributed by atoms with E-state index in [1.54, 1.807) is 0 Å². The van der Waals surface area contributed by atoms with Crippen LogP contribution in [0.1, 0.15) is 207 Å². The van der Waals surface area contributed by atoms with E-state index in [0.717, 1.165) is 5.69 Å². The minimum Gasteiger partial charge on any atom is -0.310 e. The Balaban J connectivity index is 1.20. The van der Waals surface area contributed by atoms with Gasteiger partial charge in [0.25, 0.3) is 0 Å². The van der Waals surface area contributed by atoms with Crippen molar-refractivity contribution in [3.8, 4) is 44.5 Å². The van der Waals surface area contributed by atoms with Gasteiger partial charge in [-0.1, -0.05) is 333 Å². The third-order valence-corrected chi connectivity index (χ3v) is 21.7. The fourth-order valence-electron chi connectivity index (χ4n) is 15.9. The topological polar surface area (TPSA) is 6.48 Å². The van der Waals surface area contributed by atoms with Gasteiger partial charge >= 0.3 is 0 Å². The number of benzene rings is 11. The van der Waals surface area contributed by atoms with Crippen LogP contribution in [0.5, 0.6) is 0 Å². The van der Waals surface area contributed by atoms with Crippen LogP contribution in [-0.4, -0.2) is 6.71 Å². The highest BCUT2D eigenvalue weighted by molar-refractivity contribution is 6.99. The summed E-state index contributed by atoms with van der Waals surface area (Å²) in [6.07, 6.45) is 0. The molecule has 3 heteroatoms. The lowest BCUT2D eigenvalue weighted by atomic mass is 9.29. The van der Waals surface area contributed by atoms with Gasteiger partial charge in [-0.25, -0.2) is 0 Å². The molecule has 0 aliphatic carbocycles. The summed E-state index contributed by atoms with van der Waals surface area (Å²) in [5.41, 5.74) is 33.6. The molecule has 3 aliphatic heterocycles. The Morgan fingerprint density at radius 3 is 1.13 bits per heavy atom. The van der Waals surface area contributed by atoms with E-state index in [1.807, 2.05) is 0 Å². The smallest absolute Gasteiger partial charge is 0.247 e. The highest BCUT2D eigenvalue weighted by atomic mass is 15.2. The van der Waals surface area contributed by atoms with Crippen LogP contribution in [0.15, 0.2) is 231 Å². The molecule has 0 aromatic heterocycles. The molecule has 0 saturated heterocycles. The van der Waals surface area contributed by atoms with Gasteiger partial charge in [0.2, 0.25) is 6.71 Å². The van der Waals surface area contributed by atoms with Crippen molar-refractivity contribution in [3.05, 3.63) is 292 Å². The van der Waals surface area contributed by atoms with Crippen molar-refractivity contribution in [1.82, 2.24) is 0 Å². The number of hydrogen-bond acceptors (Lipinski definition) is 2. The van der Waals surface area contributed by atoms with Crippen LogP contribution >= 0.6 is 0 Å². The number of rotatable bonds is 6. The molecular weight excluding hydrogens is 1180 g/mol. The average Bonchev–Trinajstić information content (AvgIpc) is 0.662. The van der Waals surface area contributed by atoms with Crippen molar-refractivity contribution >= 4 is 57.2 Å². The molecule has 0 amide bonds. The van der Waals surface area contributed by atoms with Crippen LogP contribution in [0.25, 0.3) is 44.5 Å². The lowest BCUT2D eigenvalue weighted by Crippen LogP contribution is -2.65. The van der Waals surface area contributed by atoms with Crippen LogP contribution in [-0.2, 0) is 43.3 Å². The van der Waals surface area contributed by atoms with Crippen LogP contribution in [0.4, 0.5) is 34.1 Å². The summed E-state index contributed by atoms with van der Waals surface area (Å²) in [5, 5.41) is 0. The summed E-state index contributed by atoms with van der Waals surface area (Å²) in [6.45, 7) is 49.6. The van der Waals surface area contributed by atoms with Gasteiger partial charge in [-0.15, -0.1) is 0 Å². The molecule has 2 nitrogen and oxygen atoms in total. The second-order valence-corrected chi connectivity index (χ2v) is 36.0. The molecule has 11 aromatic carbocycles. The number of hydrogen-bond donors (Lipinski definition) is 0. The zero-order chi connectivity index (χ0) is 69.8. The number of fused-ring (bicyclic) bond motifs is 10. The molecule has 1 spiro atoms. The van der Waals surface area contributed by atoms with Crippen LogP contribution < -0.4 is 26.2 Å². The van der Waals surface area contributed by atoms with E-state index >= 15 is 0 Å². The Bertz CT molecular complexity index is 4780. The lowest BCUT2D eigenvalue weighted by molar-refractivity contribution is 0.568. The Morgan fingerprint density at radius 2 is 0.663 bits per heavy atom. The molecule has 0 unspecified atom stereocenters. The summed E-state index contributed by atoms with van der Waals surface area (Å²) in [4.78, 5) is 5.37. The summed E-state index contributed by atoms with van der Waals surface area (Å²) in [6, 6.07) is 91.5. The summed E-state index contributed by atoms with van der Waals surface area (Å²) in [7, 11) is 0. The van der Waals surface area contributed by atoms with E-state index in [1.165, 1.54) is 151 Å². The first-order chi connectivity index (χ1) is 46.0. The molecule has 0 fully saturated rings. The third-order valence-electron chi connectivity index (χ3n) is 21.7. The Kier molecular flexibility index (Phi) is 15.6. The minimum atomic E-state index is -0.814. The fraction of sp³-hybridized carbons (Fsp3) is 0.305. The molecule has 0 N–H and O–H groups in total. The molecule has 3 heterocycles. The monoisotopic (exact) mass is 1280 g/mol. The van der Waals surface area contributed by atoms with Gasteiger partial charge in [-0.2, -0.15) is 0 Å². The second kappa shape index (κ2) is 23.1. The highest BCUT2D eigenvalue weighted by Gasteiger charge is 2.56. The van der Waals surface area contributed by atoms with Gasteiger partial charge in [0, 0.05) is 28.2 Å². The molecule has 98 heavy (non-hydrogen) atoms. The maximum Gasteiger partial charge on any atom is 0.247 e. The predicted octanol–water partition coefficient (Wildman–Crippen LogP) is 24.2. The Labute approximate surface area is 588 Å².